The first-order chi connectivity index (χ1) is 10.1. The molecule has 2 N–H and O–H groups in total. The number of carbonyl (C=O) groups is 1. The Bertz CT molecular complexity index is 658. The molecule has 0 aliphatic carbocycles. The number of carboxylic acids is 1. The fourth-order valence-electron chi connectivity index (χ4n) is 2.59. The van der Waals surface area contributed by atoms with E-state index < -0.39 is 12.1 Å². The number of rotatable bonds is 3. The van der Waals surface area contributed by atoms with Gasteiger partial charge in [-0.05, 0) is 18.1 Å². The van der Waals surface area contributed by atoms with Gasteiger partial charge in [-0.25, -0.2) is 9.78 Å². The molecule has 0 bridgehead atoms. The lowest BCUT2D eigenvalue weighted by atomic mass is 10.1. The van der Waals surface area contributed by atoms with Gasteiger partial charge in [0, 0.05) is 24.8 Å². The summed E-state index contributed by atoms with van der Waals surface area (Å²) in [7, 11) is 0. The minimum Gasteiger partial charge on any atom is -0.478 e. The average Bonchev–Trinajstić information content (AvgIpc) is 2.94. The zero-order chi connectivity index (χ0) is 14.8. The Balaban J connectivity index is 2.01. The quantitative estimate of drug-likeness (QED) is 0.902. The summed E-state index contributed by atoms with van der Waals surface area (Å²) >= 11 is 0. The molecule has 1 fully saturated rings. The average molecular weight is 284 g/mol. The van der Waals surface area contributed by atoms with Crippen molar-refractivity contribution in [2.24, 2.45) is 0 Å². The highest BCUT2D eigenvalue weighted by atomic mass is 16.4. The molecule has 1 atom stereocenters. The molecule has 2 heterocycles. The number of aliphatic hydroxyl groups is 1. The van der Waals surface area contributed by atoms with E-state index in [9.17, 15) is 15.0 Å². The Kier molecular flexibility index (Phi) is 3.58. The highest BCUT2D eigenvalue weighted by molar-refractivity contribution is 5.95. The molecule has 1 aromatic heterocycles. The molecule has 2 aromatic rings. The third kappa shape index (κ3) is 2.73. The second-order valence-corrected chi connectivity index (χ2v) is 5.15. The molecule has 3 rings (SSSR count). The smallest absolute Gasteiger partial charge is 0.339 e. The van der Waals surface area contributed by atoms with E-state index in [0.717, 1.165) is 11.1 Å². The fourth-order valence-corrected chi connectivity index (χ4v) is 2.59. The number of hydrogen-bond acceptors (Lipinski definition) is 4. The van der Waals surface area contributed by atoms with E-state index in [4.69, 9.17) is 0 Å². The Labute approximate surface area is 122 Å². The van der Waals surface area contributed by atoms with Gasteiger partial charge in [0.2, 0.25) is 0 Å². The van der Waals surface area contributed by atoms with E-state index >= 15 is 0 Å². The van der Waals surface area contributed by atoms with Crippen molar-refractivity contribution in [3.8, 4) is 11.1 Å². The number of aromatic nitrogens is 1. The summed E-state index contributed by atoms with van der Waals surface area (Å²) < 4.78 is 0. The molecular weight excluding hydrogens is 268 g/mol. The van der Waals surface area contributed by atoms with Gasteiger partial charge >= 0.3 is 5.97 Å². The Morgan fingerprint density at radius 1 is 1.24 bits per heavy atom. The number of pyridine rings is 1. The maximum absolute atomic E-state index is 11.5. The van der Waals surface area contributed by atoms with E-state index in [0.29, 0.717) is 25.3 Å². The normalized spacial score (nSPS) is 18.0. The molecule has 5 heteroatoms. The predicted octanol–water partition coefficient (Wildman–Crippen LogP) is 2.02. The van der Waals surface area contributed by atoms with Gasteiger partial charge in [0.25, 0.3) is 0 Å². The lowest BCUT2D eigenvalue weighted by Crippen LogP contribution is -2.24. The number of β-amino-alcohol motifs (C(OH)–C–C–N with tert-alkyl or cyclic N) is 1. The Morgan fingerprint density at radius 2 is 2.00 bits per heavy atom. The van der Waals surface area contributed by atoms with E-state index in [2.05, 4.69) is 4.98 Å². The maximum Gasteiger partial charge on any atom is 0.339 e. The van der Waals surface area contributed by atoms with Crippen LogP contribution in [0.4, 0.5) is 5.82 Å². The SMILES string of the molecule is O=C(O)c1cc(-c2ccccc2)cnc1N1CC[C@@H](O)C1. The number of aromatic carboxylic acids is 1. The van der Waals surface area contributed by atoms with Crippen LogP contribution in [0.1, 0.15) is 16.8 Å². The molecule has 5 nitrogen and oxygen atoms in total. The van der Waals surface area contributed by atoms with Gasteiger partial charge in [0.15, 0.2) is 0 Å². The second kappa shape index (κ2) is 5.54. The van der Waals surface area contributed by atoms with Crippen LogP contribution in [0.25, 0.3) is 11.1 Å². The number of aliphatic hydroxyl groups excluding tert-OH is 1. The molecule has 108 valence electrons. The van der Waals surface area contributed by atoms with Gasteiger partial charge in [-0.15, -0.1) is 0 Å². The minimum atomic E-state index is -1.00. The third-order valence-electron chi connectivity index (χ3n) is 3.67. The highest BCUT2D eigenvalue weighted by Crippen LogP contribution is 2.27. The predicted molar refractivity (Wildman–Crippen MR) is 79.5 cm³/mol. The molecular formula is C16H16N2O3. The Hall–Kier alpha value is -2.40. The van der Waals surface area contributed by atoms with Crippen molar-refractivity contribution in [1.82, 2.24) is 4.98 Å². The molecule has 21 heavy (non-hydrogen) atoms. The summed E-state index contributed by atoms with van der Waals surface area (Å²) in [4.78, 5) is 17.7. The number of nitrogens with zero attached hydrogens (tertiary/aromatic N) is 2. The van der Waals surface area contributed by atoms with Crippen LogP contribution < -0.4 is 4.90 Å². The largest absolute Gasteiger partial charge is 0.478 e. The second-order valence-electron chi connectivity index (χ2n) is 5.15. The van der Waals surface area contributed by atoms with Crippen molar-refractivity contribution in [3.05, 3.63) is 48.2 Å². The van der Waals surface area contributed by atoms with Crippen LogP contribution in [-0.4, -0.2) is 40.4 Å². The first kappa shape index (κ1) is 13.6. The van der Waals surface area contributed by atoms with Crippen molar-refractivity contribution < 1.29 is 15.0 Å². The van der Waals surface area contributed by atoms with Crippen LogP contribution in [0, 0.1) is 0 Å². The molecule has 0 saturated carbocycles. The summed E-state index contributed by atoms with van der Waals surface area (Å²) in [6.07, 6.45) is 1.91. The van der Waals surface area contributed by atoms with E-state index in [-0.39, 0.29) is 5.56 Å². The lowest BCUT2D eigenvalue weighted by Gasteiger charge is -2.19. The fraction of sp³-hybridized carbons (Fsp3) is 0.250. The first-order valence-corrected chi connectivity index (χ1v) is 6.87. The van der Waals surface area contributed by atoms with E-state index in [1.54, 1.807) is 12.3 Å². The zero-order valence-electron chi connectivity index (χ0n) is 11.4. The minimum absolute atomic E-state index is 0.172. The van der Waals surface area contributed by atoms with Crippen LogP contribution >= 0.6 is 0 Å². The van der Waals surface area contributed by atoms with Gasteiger partial charge in [0.05, 0.1) is 6.10 Å². The van der Waals surface area contributed by atoms with Gasteiger partial charge in [0.1, 0.15) is 11.4 Å². The molecule has 0 unspecified atom stereocenters. The van der Waals surface area contributed by atoms with Gasteiger partial charge in [-0.2, -0.15) is 0 Å². The van der Waals surface area contributed by atoms with Crippen LogP contribution in [0.15, 0.2) is 42.6 Å². The molecule has 1 aromatic carbocycles. The molecule has 0 spiro atoms. The summed E-state index contributed by atoms with van der Waals surface area (Å²) in [6, 6.07) is 11.2. The van der Waals surface area contributed by atoms with E-state index in [1.807, 2.05) is 35.2 Å². The first-order valence-electron chi connectivity index (χ1n) is 6.87. The van der Waals surface area contributed by atoms with Crippen molar-refractivity contribution in [2.75, 3.05) is 18.0 Å². The highest BCUT2D eigenvalue weighted by Gasteiger charge is 2.25. The van der Waals surface area contributed by atoms with Crippen LogP contribution in [0.5, 0.6) is 0 Å². The Morgan fingerprint density at radius 3 is 2.62 bits per heavy atom. The molecule has 1 aliphatic rings. The lowest BCUT2D eigenvalue weighted by molar-refractivity contribution is 0.0697. The summed E-state index contributed by atoms with van der Waals surface area (Å²) in [5.74, 6) is -0.574. The van der Waals surface area contributed by atoms with Crippen molar-refractivity contribution in [1.29, 1.82) is 0 Å². The third-order valence-corrected chi connectivity index (χ3v) is 3.67. The van der Waals surface area contributed by atoms with E-state index in [1.165, 1.54) is 0 Å². The molecule has 0 amide bonds. The number of benzene rings is 1. The standard InChI is InChI=1S/C16H16N2O3/c19-13-6-7-18(10-13)15-14(16(20)21)8-12(9-17-15)11-4-2-1-3-5-11/h1-5,8-9,13,19H,6-7,10H2,(H,20,21)/t13-/m1/s1. The van der Waals surface area contributed by atoms with Crippen molar-refractivity contribution in [2.45, 2.75) is 12.5 Å². The monoisotopic (exact) mass is 284 g/mol. The van der Waals surface area contributed by atoms with Crippen LogP contribution in [0.3, 0.4) is 0 Å². The van der Waals surface area contributed by atoms with Crippen LogP contribution in [-0.2, 0) is 0 Å². The topological polar surface area (TPSA) is 73.7 Å². The van der Waals surface area contributed by atoms with Gasteiger partial charge in [-0.3, -0.25) is 0 Å². The molecule has 1 aliphatic heterocycles. The summed E-state index contributed by atoms with van der Waals surface area (Å²) in [6.45, 7) is 1.05. The number of carboxylic acid groups (broad SMARTS) is 1. The molecule has 1 saturated heterocycles. The summed E-state index contributed by atoms with van der Waals surface area (Å²) in [5.41, 5.74) is 1.88. The molecule has 0 radical (unpaired) electrons. The summed E-state index contributed by atoms with van der Waals surface area (Å²) in [5, 5.41) is 19.0. The van der Waals surface area contributed by atoms with Gasteiger partial charge in [-0.1, -0.05) is 30.3 Å². The van der Waals surface area contributed by atoms with Crippen LogP contribution in [0.2, 0.25) is 0 Å². The maximum atomic E-state index is 11.5. The zero-order valence-corrected chi connectivity index (χ0v) is 11.4. The van der Waals surface area contributed by atoms with Crippen molar-refractivity contribution >= 4 is 11.8 Å². The number of hydrogen-bond donors (Lipinski definition) is 2. The van der Waals surface area contributed by atoms with Gasteiger partial charge < -0.3 is 15.1 Å². The number of anilines is 1. The van der Waals surface area contributed by atoms with Crippen molar-refractivity contribution in [3.63, 3.8) is 0 Å².